The number of hydrogen-bond donors (Lipinski definition) is 0. The van der Waals surface area contributed by atoms with Crippen molar-refractivity contribution in [2.45, 2.75) is 0 Å². The Labute approximate surface area is 191 Å². The quantitative estimate of drug-likeness (QED) is 0.259. The summed E-state index contributed by atoms with van der Waals surface area (Å²) in [5.41, 5.74) is 1.97. The van der Waals surface area contributed by atoms with Gasteiger partial charge in [0.1, 0.15) is 0 Å². The van der Waals surface area contributed by atoms with E-state index in [4.69, 9.17) is 9.47 Å². The van der Waals surface area contributed by atoms with Crippen molar-refractivity contribution < 1.29 is 19.1 Å². The van der Waals surface area contributed by atoms with Crippen LogP contribution in [0.1, 0.15) is 21.0 Å². The molecule has 0 radical (unpaired) electrons. The number of nitrogens with zero attached hydrogens (tertiary/aromatic N) is 4. The molecule has 2 aromatic heterocycles. The van der Waals surface area contributed by atoms with Gasteiger partial charge in [-0.25, -0.2) is 19.6 Å². The minimum atomic E-state index is -0.560. The molecule has 0 N–H and O–H groups in total. The Morgan fingerprint density at radius 3 is 1.41 bits per heavy atom. The van der Waals surface area contributed by atoms with Crippen LogP contribution in [0.15, 0.2) is 70.9 Å². The molecule has 0 saturated carbocycles. The van der Waals surface area contributed by atoms with Crippen molar-refractivity contribution in [3.05, 3.63) is 72.1 Å². The molecule has 0 bridgehead atoms. The van der Waals surface area contributed by atoms with Gasteiger partial charge in [0.2, 0.25) is 10.3 Å². The summed E-state index contributed by atoms with van der Waals surface area (Å²) < 4.78 is 9.71. The maximum atomic E-state index is 12.2. The third kappa shape index (κ3) is 4.46. The molecule has 0 amide bonds. The number of thiazole rings is 2. The summed E-state index contributed by atoms with van der Waals surface area (Å²) in [5.74, 6) is -1.12. The average molecular weight is 465 g/mol. The summed E-state index contributed by atoms with van der Waals surface area (Å²) in [6.07, 6.45) is 0. The smallest absolute Gasteiger partial charge is 0.358 e. The van der Waals surface area contributed by atoms with E-state index in [9.17, 15) is 9.59 Å². The van der Waals surface area contributed by atoms with Gasteiger partial charge in [-0.15, -0.1) is 10.2 Å². The molecule has 0 aliphatic heterocycles. The topological polar surface area (TPSA) is 103 Å². The molecule has 2 aromatic carbocycles. The molecule has 160 valence electrons. The van der Waals surface area contributed by atoms with Crippen LogP contribution in [-0.2, 0) is 9.47 Å². The predicted molar refractivity (Wildman–Crippen MR) is 122 cm³/mol. The number of esters is 2. The van der Waals surface area contributed by atoms with Crippen LogP contribution in [0.5, 0.6) is 0 Å². The zero-order chi connectivity index (χ0) is 22.5. The number of carbonyl (C=O) groups is 2. The van der Waals surface area contributed by atoms with E-state index < -0.39 is 11.9 Å². The van der Waals surface area contributed by atoms with Crippen LogP contribution in [0.3, 0.4) is 0 Å². The number of carbonyl (C=O) groups excluding carboxylic acids is 2. The van der Waals surface area contributed by atoms with E-state index in [-0.39, 0.29) is 21.7 Å². The molecule has 0 spiro atoms. The van der Waals surface area contributed by atoms with Gasteiger partial charge in [-0.3, -0.25) is 0 Å². The lowest BCUT2D eigenvalue weighted by Gasteiger charge is -1.99. The predicted octanol–water partition coefficient (Wildman–Crippen LogP) is 5.92. The summed E-state index contributed by atoms with van der Waals surface area (Å²) in [6.45, 7) is 0. The first kappa shape index (κ1) is 21.5. The van der Waals surface area contributed by atoms with Crippen LogP contribution >= 0.6 is 22.7 Å². The fraction of sp³-hybridized carbons (Fsp3) is 0.0909. The first-order chi connectivity index (χ1) is 15.6. The van der Waals surface area contributed by atoms with Gasteiger partial charge >= 0.3 is 11.9 Å². The van der Waals surface area contributed by atoms with Crippen LogP contribution in [0, 0.1) is 0 Å². The zero-order valence-electron chi connectivity index (χ0n) is 17.0. The maximum absolute atomic E-state index is 12.2. The number of rotatable bonds is 6. The Kier molecular flexibility index (Phi) is 6.43. The molecule has 8 nitrogen and oxygen atoms in total. The molecule has 0 atom stereocenters. The third-order valence-electron chi connectivity index (χ3n) is 4.28. The number of ether oxygens (including phenoxy) is 2. The highest BCUT2D eigenvalue weighted by Gasteiger charge is 2.22. The van der Waals surface area contributed by atoms with Crippen molar-refractivity contribution in [2.75, 3.05) is 14.2 Å². The number of methoxy groups -OCH3 is 2. The van der Waals surface area contributed by atoms with Gasteiger partial charge in [0.15, 0.2) is 11.4 Å². The van der Waals surface area contributed by atoms with Crippen molar-refractivity contribution in [1.82, 2.24) is 9.97 Å². The van der Waals surface area contributed by atoms with E-state index in [0.29, 0.717) is 9.75 Å². The molecule has 0 fully saturated rings. The lowest BCUT2D eigenvalue weighted by molar-refractivity contribution is 0.0587. The van der Waals surface area contributed by atoms with Crippen molar-refractivity contribution in [2.24, 2.45) is 10.2 Å². The minimum absolute atomic E-state index is 0.164. The molecule has 0 aliphatic carbocycles. The van der Waals surface area contributed by atoms with Gasteiger partial charge in [0, 0.05) is 0 Å². The van der Waals surface area contributed by atoms with Crippen LogP contribution in [0.25, 0.3) is 20.9 Å². The summed E-state index contributed by atoms with van der Waals surface area (Å²) in [7, 11) is 2.60. The Bertz CT molecular complexity index is 1180. The van der Waals surface area contributed by atoms with E-state index >= 15 is 0 Å². The van der Waals surface area contributed by atoms with E-state index in [1.165, 1.54) is 36.9 Å². The SMILES string of the molecule is COC(=O)c1nc(/N=N/c2nc(C(=O)OC)c(-c3ccccc3)s2)sc1-c1ccccc1. The van der Waals surface area contributed by atoms with Crippen molar-refractivity contribution in [1.29, 1.82) is 0 Å². The van der Waals surface area contributed by atoms with E-state index in [1.807, 2.05) is 60.7 Å². The second-order valence-electron chi connectivity index (χ2n) is 6.26. The summed E-state index contributed by atoms with van der Waals surface area (Å²) in [4.78, 5) is 34.2. The van der Waals surface area contributed by atoms with Crippen molar-refractivity contribution in [3.63, 3.8) is 0 Å². The number of benzene rings is 2. The van der Waals surface area contributed by atoms with E-state index in [0.717, 1.165) is 11.1 Å². The molecule has 0 saturated heterocycles. The molecular formula is C22H16N4O4S2. The highest BCUT2D eigenvalue weighted by molar-refractivity contribution is 7.19. The van der Waals surface area contributed by atoms with Crippen LogP contribution in [0.2, 0.25) is 0 Å². The van der Waals surface area contributed by atoms with Crippen LogP contribution in [0.4, 0.5) is 10.3 Å². The fourth-order valence-corrected chi connectivity index (χ4v) is 4.59. The molecule has 2 heterocycles. The van der Waals surface area contributed by atoms with Crippen LogP contribution < -0.4 is 0 Å². The molecular weight excluding hydrogens is 448 g/mol. The van der Waals surface area contributed by atoms with Crippen LogP contribution in [-0.4, -0.2) is 36.1 Å². The Balaban J connectivity index is 1.71. The fourth-order valence-electron chi connectivity index (χ4n) is 2.83. The highest BCUT2D eigenvalue weighted by atomic mass is 32.1. The van der Waals surface area contributed by atoms with Gasteiger partial charge in [-0.2, -0.15) is 0 Å². The van der Waals surface area contributed by atoms with E-state index in [2.05, 4.69) is 20.2 Å². The molecule has 0 unspecified atom stereocenters. The van der Waals surface area contributed by atoms with Crippen molar-refractivity contribution >= 4 is 44.9 Å². The van der Waals surface area contributed by atoms with Crippen molar-refractivity contribution in [3.8, 4) is 20.9 Å². The lowest BCUT2D eigenvalue weighted by Crippen LogP contribution is -2.03. The second-order valence-corrected chi connectivity index (χ2v) is 8.22. The zero-order valence-corrected chi connectivity index (χ0v) is 18.6. The third-order valence-corrected chi connectivity index (χ3v) is 6.26. The minimum Gasteiger partial charge on any atom is -0.464 e. The monoisotopic (exact) mass is 464 g/mol. The molecule has 10 heteroatoms. The Morgan fingerprint density at radius 1 is 0.688 bits per heavy atom. The van der Waals surface area contributed by atoms with E-state index in [1.54, 1.807) is 0 Å². The Morgan fingerprint density at radius 2 is 1.06 bits per heavy atom. The summed E-state index contributed by atoms with van der Waals surface area (Å²) in [6, 6.07) is 18.7. The summed E-state index contributed by atoms with van der Waals surface area (Å²) in [5, 5.41) is 8.84. The number of aromatic nitrogens is 2. The first-order valence-electron chi connectivity index (χ1n) is 9.31. The second kappa shape index (κ2) is 9.58. The van der Waals surface area contributed by atoms with Gasteiger partial charge < -0.3 is 9.47 Å². The molecule has 4 aromatic rings. The maximum Gasteiger partial charge on any atom is 0.358 e. The van der Waals surface area contributed by atoms with Gasteiger partial charge in [0.05, 0.1) is 24.0 Å². The molecule has 4 rings (SSSR count). The number of azo groups is 1. The molecule has 0 aliphatic rings. The highest BCUT2D eigenvalue weighted by Crippen LogP contribution is 2.38. The van der Waals surface area contributed by atoms with Gasteiger partial charge in [-0.1, -0.05) is 83.3 Å². The first-order valence-corrected chi connectivity index (χ1v) is 10.9. The lowest BCUT2D eigenvalue weighted by atomic mass is 10.1. The average Bonchev–Trinajstić information content (AvgIpc) is 3.47. The summed E-state index contributed by atoms with van der Waals surface area (Å²) >= 11 is 2.41. The normalized spacial score (nSPS) is 10.9. The standard InChI is InChI=1S/C22H16N4O4S2/c1-29-19(27)15-17(13-9-5-3-6-10-13)31-21(23-15)25-26-22-24-16(20(28)30-2)18(32-22)14-11-7-4-8-12-14/h3-12H,1-2H3/b26-25+. The van der Waals surface area contributed by atoms with Gasteiger partial charge in [-0.05, 0) is 11.1 Å². The largest absolute Gasteiger partial charge is 0.464 e. The molecule has 32 heavy (non-hydrogen) atoms. The number of hydrogen-bond acceptors (Lipinski definition) is 10. The Hall–Kier alpha value is -3.76. The van der Waals surface area contributed by atoms with Gasteiger partial charge in [0.25, 0.3) is 0 Å².